The number of hydrogen-bond donors (Lipinski definition) is 2. The van der Waals surface area contributed by atoms with Crippen molar-refractivity contribution in [2.45, 2.75) is 18.0 Å². The highest BCUT2D eigenvalue weighted by Crippen LogP contribution is 2.23. The molecule has 1 saturated heterocycles. The number of nitrogens with two attached hydrogens (primary N) is 1. The summed E-state index contributed by atoms with van der Waals surface area (Å²) in [5, 5.41) is 0.409. The van der Waals surface area contributed by atoms with Crippen molar-refractivity contribution in [2.75, 3.05) is 18.8 Å². The lowest BCUT2D eigenvalue weighted by molar-refractivity contribution is -0.132. The largest absolute Gasteiger partial charge is 0.369 e. The molecule has 2 aromatic rings. The molecule has 1 fully saturated rings. The maximum Gasteiger partial charge on any atom is 0.233 e. The van der Waals surface area contributed by atoms with Gasteiger partial charge in [0.15, 0.2) is 16.8 Å². The Bertz CT molecular complexity index is 756. The van der Waals surface area contributed by atoms with Crippen LogP contribution in [0, 0.1) is 17.6 Å². The van der Waals surface area contributed by atoms with Crippen LogP contribution in [0.2, 0.25) is 0 Å². The summed E-state index contributed by atoms with van der Waals surface area (Å²) in [5.74, 6) is -2.61. The highest BCUT2D eigenvalue weighted by atomic mass is 32.2. The van der Waals surface area contributed by atoms with Gasteiger partial charge in [-0.15, -0.1) is 0 Å². The molecule has 9 heteroatoms. The fourth-order valence-corrected chi connectivity index (χ4v) is 3.49. The van der Waals surface area contributed by atoms with Crippen LogP contribution in [0.1, 0.15) is 12.8 Å². The zero-order valence-corrected chi connectivity index (χ0v) is 13.5. The van der Waals surface area contributed by atoms with E-state index in [1.807, 2.05) is 0 Å². The van der Waals surface area contributed by atoms with Gasteiger partial charge in [0.25, 0.3) is 0 Å². The number of halogens is 2. The average molecular weight is 354 g/mol. The summed E-state index contributed by atoms with van der Waals surface area (Å²) in [6.07, 6.45) is 1.44. The molecular weight excluding hydrogens is 338 g/mol. The van der Waals surface area contributed by atoms with E-state index in [-0.39, 0.29) is 23.5 Å². The van der Waals surface area contributed by atoms with Crippen LogP contribution < -0.4 is 5.73 Å². The normalized spacial score (nSPS) is 18.1. The maximum atomic E-state index is 13.2. The van der Waals surface area contributed by atoms with Crippen LogP contribution >= 0.6 is 11.8 Å². The molecule has 0 saturated carbocycles. The standard InChI is InChI=1S/C15H16F2N4O2S/c16-9-4-11-12(5-10(9)17)20-15(19-11)24-7-13(22)21-3-1-2-8(6-21)14(18)23/h4-5,8H,1-3,6-7H2,(H2,18,23)(H,19,20). The van der Waals surface area contributed by atoms with E-state index < -0.39 is 11.6 Å². The molecule has 1 aliphatic heterocycles. The Morgan fingerprint density at radius 3 is 2.88 bits per heavy atom. The molecule has 0 aliphatic carbocycles. The lowest BCUT2D eigenvalue weighted by atomic mass is 9.97. The Labute approximate surface area is 140 Å². The van der Waals surface area contributed by atoms with Crippen LogP contribution in [0.25, 0.3) is 11.0 Å². The van der Waals surface area contributed by atoms with E-state index in [9.17, 15) is 18.4 Å². The molecule has 0 spiro atoms. The maximum absolute atomic E-state index is 13.2. The minimum absolute atomic E-state index is 0.121. The van der Waals surface area contributed by atoms with Gasteiger partial charge < -0.3 is 15.6 Å². The summed E-state index contributed by atoms with van der Waals surface area (Å²) < 4.78 is 26.4. The minimum Gasteiger partial charge on any atom is -0.369 e. The molecule has 1 atom stereocenters. The molecule has 1 aromatic carbocycles. The number of rotatable bonds is 4. The number of carbonyl (C=O) groups excluding carboxylic acids is 2. The van der Waals surface area contributed by atoms with E-state index in [1.165, 1.54) is 0 Å². The number of nitrogens with zero attached hydrogens (tertiary/aromatic N) is 2. The molecule has 3 rings (SSSR count). The van der Waals surface area contributed by atoms with Crippen LogP contribution in [0.15, 0.2) is 17.3 Å². The van der Waals surface area contributed by atoms with Gasteiger partial charge in [0.1, 0.15) is 0 Å². The predicted molar refractivity (Wildman–Crippen MR) is 85.2 cm³/mol. The Hall–Kier alpha value is -2.16. The van der Waals surface area contributed by atoms with Crippen molar-refractivity contribution in [3.63, 3.8) is 0 Å². The van der Waals surface area contributed by atoms with Crippen LogP contribution in [0.5, 0.6) is 0 Å². The fourth-order valence-electron chi connectivity index (χ4n) is 2.71. The van der Waals surface area contributed by atoms with E-state index >= 15 is 0 Å². The summed E-state index contributed by atoms with van der Waals surface area (Å²) >= 11 is 1.15. The fraction of sp³-hybridized carbons (Fsp3) is 0.400. The molecule has 1 aromatic heterocycles. The highest BCUT2D eigenvalue weighted by molar-refractivity contribution is 7.99. The molecule has 6 nitrogen and oxygen atoms in total. The Kier molecular flexibility index (Phi) is 4.70. The first-order valence-electron chi connectivity index (χ1n) is 7.48. The predicted octanol–water partition coefficient (Wildman–Crippen LogP) is 1.66. The lowest BCUT2D eigenvalue weighted by Gasteiger charge is -2.31. The van der Waals surface area contributed by atoms with Crippen LogP contribution in [0.4, 0.5) is 8.78 Å². The molecule has 1 aliphatic rings. The Morgan fingerprint density at radius 1 is 1.38 bits per heavy atom. The van der Waals surface area contributed by atoms with Crippen molar-refractivity contribution >= 4 is 34.6 Å². The van der Waals surface area contributed by atoms with Gasteiger partial charge in [-0.3, -0.25) is 9.59 Å². The molecule has 0 radical (unpaired) electrons. The van der Waals surface area contributed by atoms with Crippen molar-refractivity contribution < 1.29 is 18.4 Å². The molecule has 24 heavy (non-hydrogen) atoms. The van der Waals surface area contributed by atoms with E-state index in [4.69, 9.17) is 5.73 Å². The Morgan fingerprint density at radius 2 is 2.12 bits per heavy atom. The van der Waals surface area contributed by atoms with Crippen molar-refractivity contribution in [2.24, 2.45) is 11.7 Å². The number of H-pyrrole nitrogens is 1. The molecule has 2 heterocycles. The number of amides is 2. The minimum atomic E-state index is -0.965. The van der Waals surface area contributed by atoms with Crippen molar-refractivity contribution in [1.82, 2.24) is 14.9 Å². The second kappa shape index (κ2) is 6.76. The van der Waals surface area contributed by atoms with Gasteiger partial charge in [0.2, 0.25) is 11.8 Å². The first-order valence-corrected chi connectivity index (χ1v) is 8.47. The molecular formula is C15H16F2N4O2S. The smallest absolute Gasteiger partial charge is 0.233 e. The molecule has 3 N–H and O–H groups in total. The number of hydrogen-bond acceptors (Lipinski definition) is 4. The molecule has 0 bridgehead atoms. The third-order valence-corrected chi connectivity index (χ3v) is 4.87. The second-order valence-corrected chi connectivity index (χ2v) is 6.66. The SMILES string of the molecule is NC(=O)C1CCCN(C(=O)CSc2nc3cc(F)c(F)cc3[nH]2)C1. The monoisotopic (exact) mass is 354 g/mol. The molecule has 1 unspecified atom stereocenters. The van der Waals surface area contributed by atoms with E-state index in [2.05, 4.69) is 9.97 Å². The van der Waals surface area contributed by atoms with Crippen LogP contribution in [-0.2, 0) is 9.59 Å². The van der Waals surface area contributed by atoms with Crippen molar-refractivity contribution in [1.29, 1.82) is 0 Å². The van der Waals surface area contributed by atoms with E-state index in [1.54, 1.807) is 4.90 Å². The summed E-state index contributed by atoms with van der Waals surface area (Å²) in [6.45, 7) is 0.936. The molecule has 2 amide bonds. The number of aromatic nitrogens is 2. The van der Waals surface area contributed by atoms with E-state index in [0.29, 0.717) is 35.7 Å². The number of fused-ring (bicyclic) bond motifs is 1. The third kappa shape index (κ3) is 3.50. The number of piperidine rings is 1. The Balaban J connectivity index is 1.63. The number of thioether (sulfide) groups is 1. The summed E-state index contributed by atoms with van der Waals surface area (Å²) in [5.41, 5.74) is 5.98. The van der Waals surface area contributed by atoms with Gasteiger partial charge in [0, 0.05) is 25.2 Å². The number of imidazole rings is 1. The quantitative estimate of drug-likeness (QED) is 0.817. The van der Waals surface area contributed by atoms with E-state index in [0.717, 1.165) is 30.3 Å². The zero-order valence-electron chi connectivity index (χ0n) is 12.7. The van der Waals surface area contributed by atoms with Gasteiger partial charge in [0.05, 0.1) is 22.7 Å². The lowest BCUT2D eigenvalue weighted by Crippen LogP contribution is -2.44. The summed E-state index contributed by atoms with van der Waals surface area (Å²) in [7, 11) is 0. The van der Waals surface area contributed by atoms with Crippen molar-refractivity contribution in [3.05, 3.63) is 23.8 Å². The number of aromatic amines is 1. The molecule has 128 valence electrons. The van der Waals surface area contributed by atoms with Gasteiger partial charge in [-0.2, -0.15) is 0 Å². The van der Waals surface area contributed by atoms with Gasteiger partial charge >= 0.3 is 0 Å². The van der Waals surface area contributed by atoms with Gasteiger partial charge in [-0.05, 0) is 12.8 Å². The average Bonchev–Trinajstić information content (AvgIpc) is 2.94. The first-order chi connectivity index (χ1) is 11.4. The first kappa shape index (κ1) is 16.7. The number of primary amides is 1. The third-order valence-electron chi connectivity index (χ3n) is 4.01. The number of carbonyl (C=O) groups is 2. The van der Waals surface area contributed by atoms with Crippen LogP contribution in [-0.4, -0.2) is 45.5 Å². The topological polar surface area (TPSA) is 92.1 Å². The van der Waals surface area contributed by atoms with Gasteiger partial charge in [-0.1, -0.05) is 11.8 Å². The second-order valence-electron chi connectivity index (χ2n) is 5.70. The number of likely N-dealkylation sites (tertiary alicyclic amines) is 1. The number of benzene rings is 1. The van der Waals surface area contributed by atoms with Crippen LogP contribution in [0.3, 0.4) is 0 Å². The zero-order chi connectivity index (χ0) is 17.3. The summed E-state index contributed by atoms with van der Waals surface area (Å²) in [6, 6.07) is 2.04. The van der Waals surface area contributed by atoms with Gasteiger partial charge in [-0.25, -0.2) is 13.8 Å². The highest BCUT2D eigenvalue weighted by Gasteiger charge is 2.27. The van der Waals surface area contributed by atoms with Crippen molar-refractivity contribution in [3.8, 4) is 0 Å². The summed E-state index contributed by atoms with van der Waals surface area (Å²) in [4.78, 5) is 32.1. The number of nitrogens with one attached hydrogen (secondary N) is 1.